The second-order valence-electron chi connectivity index (χ2n) is 3.38. The number of hydrogen-bond acceptors (Lipinski definition) is 2. The molecule has 0 bridgehead atoms. The minimum atomic E-state index is -0.0423. The lowest BCUT2D eigenvalue weighted by Crippen LogP contribution is -2.20. The summed E-state index contributed by atoms with van der Waals surface area (Å²) in [5.41, 5.74) is 0.832. The van der Waals surface area contributed by atoms with Gasteiger partial charge >= 0.3 is 0 Å². The van der Waals surface area contributed by atoms with Crippen molar-refractivity contribution >= 4 is 17.5 Å². The summed E-state index contributed by atoms with van der Waals surface area (Å²) in [5.74, 6) is 6.52. The van der Waals surface area contributed by atoms with Crippen LogP contribution in [0.5, 0.6) is 5.75 Å². The van der Waals surface area contributed by atoms with E-state index in [9.17, 15) is 4.79 Å². The van der Waals surface area contributed by atoms with Crippen LogP contribution in [0, 0.1) is 11.8 Å². The third kappa shape index (κ3) is 4.80. The van der Waals surface area contributed by atoms with Gasteiger partial charge in [0.05, 0.1) is 12.1 Å². The van der Waals surface area contributed by atoms with E-state index in [-0.39, 0.29) is 5.91 Å². The van der Waals surface area contributed by atoms with E-state index < -0.39 is 0 Å². The van der Waals surface area contributed by atoms with Gasteiger partial charge < -0.3 is 10.1 Å². The molecule has 0 aliphatic rings. The molecule has 1 amide bonds. The van der Waals surface area contributed by atoms with Crippen molar-refractivity contribution < 1.29 is 9.53 Å². The molecule has 0 unspecified atom stereocenters. The van der Waals surface area contributed by atoms with Crippen LogP contribution in [0.15, 0.2) is 18.2 Å². The molecule has 1 rings (SSSR count). The van der Waals surface area contributed by atoms with E-state index in [1.807, 2.05) is 6.07 Å². The second-order valence-corrected chi connectivity index (χ2v) is 3.79. The highest BCUT2D eigenvalue weighted by Gasteiger charge is 1.99. The SMILES string of the molecule is COc1ccc(C#CCCNC(C)=O)cc1Cl. The molecule has 0 saturated carbocycles. The van der Waals surface area contributed by atoms with Crippen LogP contribution in [0.25, 0.3) is 0 Å². The number of carbonyl (C=O) groups is 1. The van der Waals surface area contributed by atoms with E-state index in [1.54, 1.807) is 19.2 Å². The number of methoxy groups -OCH3 is 1. The quantitative estimate of drug-likeness (QED) is 0.661. The summed E-state index contributed by atoms with van der Waals surface area (Å²) in [6.45, 7) is 2.04. The van der Waals surface area contributed by atoms with E-state index in [0.29, 0.717) is 23.7 Å². The Morgan fingerprint density at radius 2 is 2.29 bits per heavy atom. The van der Waals surface area contributed by atoms with Crippen LogP contribution >= 0.6 is 11.6 Å². The van der Waals surface area contributed by atoms with Gasteiger partial charge in [0.25, 0.3) is 0 Å². The van der Waals surface area contributed by atoms with Crippen molar-refractivity contribution in [3.8, 4) is 17.6 Å². The van der Waals surface area contributed by atoms with Crippen molar-refractivity contribution in [1.29, 1.82) is 0 Å². The van der Waals surface area contributed by atoms with Crippen LogP contribution in [0.3, 0.4) is 0 Å². The number of rotatable bonds is 3. The first-order valence-corrected chi connectivity index (χ1v) is 5.58. The van der Waals surface area contributed by atoms with E-state index in [1.165, 1.54) is 6.92 Å². The predicted molar refractivity (Wildman–Crippen MR) is 68.2 cm³/mol. The molecule has 0 saturated heterocycles. The van der Waals surface area contributed by atoms with Crippen LogP contribution in [0.1, 0.15) is 18.9 Å². The molecule has 0 aliphatic heterocycles. The first kappa shape index (κ1) is 13.4. The summed E-state index contributed by atoms with van der Waals surface area (Å²) in [6.07, 6.45) is 0.614. The maximum absolute atomic E-state index is 10.6. The van der Waals surface area contributed by atoms with Crippen LogP contribution < -0.4 is 10.1 Å². The van der Waals surface area contributed by atoms with Gasteiger partial charge in [-0.2, -0.15) is 0 Å². The molecule has 0 spiro atoms. The first-order chi connectivity index (χ1) is 8.13. The Balaban J connectivity index is 2.54. The zero-order valence-electron chi connectivity index (χ0n) is 9.84. The van der Waals surface area contributed by atoms with Crippen molar-refractivity contribution in [3.05, 3.63) is 28.8 Å². The van der Waals surface area contributed by atoms with Crippen molar-refractivity contribution in [2.45, 2.75) is 13.3 Å². The lowest BCUT2D eigenvalue weighted by molar-refractivity contribution is -0.118. The fourth-order valence-corrected chi connectivity index (χ4v) is 1.47. The maximum Gasteiger partial charge on any atom is 0.216 e. The summed E-state index contributed by atoms with van der Waals surface area (Å²) < 4.78 is 5.04. The minimum absolute atomic E-state index is 0.0423. The number of carbonyl (C=O) groups excluding carboxylic acids is 1. The zero-order valence-corrected chi connectivity index (χ0v) is 10.6. The third-order valence-electron chi connectivity index (χ3n) is 2.01. The molecule has 3 nitrogen and oxygen atoms in total. The Hall–Kier alpha value is -1.66. The van der Waals surface area contributed by atoms with Gasteiger partial charge in [0.2, 0.25) is 5.91 Å². The van der Waals surface area contributed by atoms with Crippen LogP contribution in [0.4, 0.5) is 0 Å². The molecular formula is C13H14ClNO2. The smallest absolute Gasteiger partial charge is 0.216 e. The molecule has 0 heterocycles. The average Bonchev–Trinajstić information content (AvgIpc) is 2.28. The number of hydrogen-bond donors (Lipinski definition) is 1. The topological polar surface area (TPSA) is 38.3 Å². The molecule has 0 aromatic heterocycles. The molecule has 1 aromatic rings. The van der Waals surface area contributed by atoms with Crippen LogP contribution in [-0.4, -0.2) is 19.6 Å². The molecule has 17 heavy (non-hydrogen) atoms. The highest BCUT2D eigenvalue weighted by Crippen LogP contribution is 2.24. The molecule has 0 aliphatic carbocycles. The Kier molecular flexibility index (Phi) is 5.38. The summed E-state index contributed by atoms with van der Waals surface area (Å²) in [4.78, 5) is 10.6. The van der Waals surface area contributed by atoms with Gasteiger partial charge in [-0.05, 0) is 18.2 Å². The summed E-state index contributed by atoms with van der Waals surface area (Å²) in [6, 6.07) is 5.38. The number of amides is 1. The van der Waals surface area contributed by atoms with E-state index >= 15 is 0 Å². The van der Waals surface area contributed by atoms with E-state index in [2.05, 4.69) is 17.2 Å². The third-order valence-corrected chi connectivity index (χ3v) is 2.30. The molecule has 1 aromatic carbocycles. The first-order valence-electron chi connectivity index (χ1n) is 5.20. The Bertz CT molecular complexity index is 460. The van der Waals surface area contributed by atoms with E-state index in [0.717, 1.165) is 5.56 Å². The van der Waals surface area contributed by atoms with E-state index in [4.69, 9.17) is 16.3 Å². The Morgan fingerprint density at radius 1 is 1.53 bits per heavy atom. The Morgan fingerprint density at radius 3 is 2.88 bits per heavy atom. The lowest BCUT2D eigenvalue weighted by atomic mass is 10.2. The fourth-order valence-electron chi connectivity index (χ4n) is 1.21. The van der Waals surface area contributed by atoms with Crippen molar-refractivity contribution in [3.63, 3.8) is 0 Å². The number of halogens is 1. The predicted octanol–water partition coefficient (Wildman–Crippen LogP) is 2.23. The fraction of sp³-hybridized carbons (Fsp3) is 0.308. The normalized spacial score (nSPS) is 9.12. The van der Waals surface area contributed by atoms with Gasteiger partial charge in [-0.1, -0.05) is 23.4 Å². The zero-order chi connectivity index (χ0) is 12.7. The average molecular weight is 252 g/mol. The summed E-state index contributed by atoms with van der Waals surface area (Å²) in [5, 5.41) is 3.22. The molecule has 0 fully saturated rings. The minimum Gasteiger partial charge on any atom is -0.495 e. The summed E-state index contributed by atoms with van der Waals surface area (Å²) in [7, 11) is 1.57. The number of nitrogens with one attached hydrogen (secondary N) is 1. The highest BCUT2D eigenvalue weighted by atomic mass is 35.5. The lowest BCUT2D eigenvalue weighted by Gasteiger charge is -2.01. The van der Waals surface area contributed by atoms with Crippen molar-refractivity contribution in [2.24, 2.45) is 0 Å². The maximum atomic E-state index is 10.6. The Labute approximate surface area is 106 Å². The number of ether oxygens (including phenoxy) is 1. The molecular weight excluding hydrogens is 238 g/mol. The molecule has 90 valence electrons. The standard InChI is InChI=1S/C13H14ClNO2/c1-10(16)15-8-4-3-5-11-6-7-13(17-2)12(14)9-11/h6-7,9H,4,8H2,1-2H3,(H,15,16). The van der Waals surface area contributed by atoms with Crippen molar-refractivity contribution in [2.75, 3.05) is 13.7 Å². The molecule has 0 radical (unpaired) electrons. The molecule has 1 N–H and O–H groups in total. The van der Waals surface area contributed by atoms with Gasteiger partial charge in [0.1, 0.15) is 5.75 Å². The monoisotopic (exact) mass is 251 g/mol. The second kappa shape index (κ2) is 6.82. The molecule has 4 heteroatoms. The summed E-state index contributed by atoms with van der Waals surface area (Å²) >= 11 is 5.96. The van der Waals surface area contributed by atoms with Gasteiger partial charge in [-0.25, -0.2) is 0 Å². The highest BCUT2D eigenvalue weighted by molar-refractivity contribution is 6.32. The van der Waals surface area contributed by atoms with Crippen LogP contribution in [-0.2, 0) is 4.79 Å². The number of benzene rings is 1. The van der Waals surface area contributed by atoms with Gasteiger partial charge in [-0.15, -0.1) is 0 Å². The van der Waals surface area contributed by atoms with Gasteiger partial charge in [-0.3, -0.25) is 4.79 Å². The van der Waals surface area contributed by atoms with Crippen molar-refractivity contribution in [1.82, 2.24) is 5.32 Å². The molecule has 0 atom stereocenters. The van der Waals surface area contributed by atoms with Crippen LogP contribution in [0.2, 0.25) is 5.02 Å². The van der Waals surface area contributed by atoms with Gasteiger partial charge in [0.15, 0.2) is 0 Å². The largest absolute Gasteiger partial charge is 0.495 e. The van der Waals surface area contributed by atoms with Gasteiger partial charge in [0, 0.05) is 25.5 Å².